The summed E-state index contributed by atoms with van der Waals surface area (Å²) >= 11 is 0. The van der Waals surface area contributed by atoms with E-state index in [-0.39, 0.29) is 25.4 Å². The van der Waals surface area contributed by atoms with E-state index in [1.165, 1.54) is 0 Å². The Labute approximate surface area is 163 Å². The second kappa shape index (κ2) is 9.42. The molecule has 2 N–H and O–H groups in total. The summed E-state index contributed by atoms with van der Waals surface area (Å²) in [7, 11) is 0. The van der Waals surface area contributed by atoms with Crippen molar-refractivity contribution >= 4 is 17.6 Å². The maximum Gasteiger partial charge on any atom is 0.344 e. The van der Waals surface area contributed by atoms with Gasteiger partial charge in [-0.15, -0.1) is 0 Å². The Balaban J connectivity index is 2.40. The fourth-order valence-corrected chi connectivity index (χ4v) is 2.82. The zero-order valence-corrected chi connectivity index (χ0v) is 15.8. The van der Waals surface area contributed by atoms with E-state index in [0.29, 0.717) is 16.8 Å². The van der Waals surface area contributed by atoms with Gasteiger partial charge in [0.2, 0.25) is 0 Å². The Kier molecular flexibility index (Phi) is 6.99. The molecule has 0 fully saturated rings. The normalized spacial score (nSPS) is 12.3. The van der Waals surface area contributed by atoms with Crippen molar-refractivity contribution in [3.05, 3.63) is 59.7 Å². The number of nitriles is 1. The van der Waals surface area contributed by atoms with Gasteiger partial charge in [-0.2, -0.15) is 5.26 Å². The lowest BCUT2D eigenvalue weighted by atomic mass is 9.86. The van der Waals surface area contributed by atoms with Crippen molar-refractivity contribution in [1.82, 2.24) is 0 Å². The van der Waals surface area contributed by atoms with Gasteiger partial charge in [0.05, 0.1) is 18.2 Å². The number of ether oxygens (including phenoxy) is 2. The smallest absolute Gasteiger partial charge is 0.344 e. The van der Waals surface area contributed by atoms with Crippen LogP contribution < -0.4 is 10.1 Å². The van der Waals surface area contributed by atoms with Crippen LogP contribution in [0.2, 0.25) is 0 Å². The first-order valence-corrected chi connectivity index (χ1v) is 8.86. The van der Waals surface area contributed by atoms with Crippen LogP contribution in [0.3, 0.4) is 0 Å². The molecule has 146 valence electrons. The molecule has 0 saturated heterocycles. The number of benzene rings is 2. The second-order valence-electron chi connectivity index (χ2n) is 5.97. The molecule has 7 nitrogen and oxygen atoms in total. The Bertz CT molecular complexity index is 873. The predicted molar refractivity (Wildman–Crippen MR) is 103 cm³/mol. The number of rotatable bonds is 9. The number of carbonyl (C=O) groups excluding carboxylic acids is 1. The average Bonchev–Trinajstić information content (AvgIpc) is 2.71. The summed E-state index contributed by atoms with van der Waals surface area (Å²) in [5.74, 6) is -1.35. The molecule has 28 heavy (non-hydrogen) atoms. The third-order valence-corrected chi connectivity index (χ3v) is 4.26. The van der Waals surface area contributed by atoms with Gasteiger partial charge in [0, 0.05) is 11.3 Å². The van der Waals surface area contributed by atoms with Crippen molar-refractivity contribution in [1.29, 1.82) is 5.26 Å². The molecule has 0 saturated carbocycles. The number of nitrogens with one attached hydrogen (secondary N) is 1. The number of carboxylic acids is 1. The van der Waals surface area contributed by atoms with Crippen LogP contribution in [0.5, 0.6) is 5.75 Å². The molecule has 7 heteroatoms. The maximum absolute atomic E-state index is 12.3. The van der Waals surface area contributed by atoms with Crippen molar-refractivity contribution in [3.63, 3.8) is 0 Å². The fraction of sp³-hybridized carbons (Fsp3) is 0.286. The summed E-state index contributed by atoms with van der Waals surface area (Å²) in [6.45, 7) is 3.35. The minimum atomic E-state index is -1.49. The lowest BCUT2D eigenvalue weighted by molar-refractivity contribution is -0.145. The lowest BCUT2D eigenvalue weighted by Gasteiger charge is -2.32. The van der Waals surface area contributed by atoms with Gasteiger partial charge in [0.25, 0.3) is 0 Å². The van der Waals surface area contributed by atoms with Gasteiger partial charge in [0.1, 0.15) is 5.75 Å². The van der Waals surface area contributed by atoms with Gasteiger partial charge >= 0.3 is 11.9 Å². The average molecular weight is 382 g/mol. The molecule has 1 atom stereocenters. The third kappa shape index (κ3) is 4.60. The highest BCUT2D eigenvalue weighted by Crippen LogP contribution is 2.36. The Morgan fingerprint density at radius 2 is 1.82 bits per heavy atom. The molecular formula is C21H22N2O5. The maximum atomic E-state index is 12.3. The second-order valence-corrected chi connectivity index (χ2v) is 5.97. The number of carboxylic acid groups (broad SMARTS) is 1. The quantitative estimate of drug-likeness (QED) is 0.641. The number of nitrogens with zero attached hydrogens (tertiary/aromatic N) is 1. The van der Waals surface area contributed by atoms with Gasteiger partial charge in [-0.05, 0) is 43.7 Å². The third-order valence-electron chi connectivity index (χ3n) is 4.26. The number of hydrogen-bond donors (Lipinski definition) is 2. The van der Waals surface area contributed by atoms with Crippen LogP contribution in [-0.4, -0.2) is 30.3 Å². The highest BCUT2D eigenvalue weighted by molar-refractivity contribution is 5.86. The first-order chi connectivity index (χ1) is 13.5. The number of anilines is 1. The molecule has 2 rings (SSSR count). The Morgan fingerprint density at radius 1 is 1.14 bits per heavy atom. The molecule has 2 aromatic rings. The van der Waals surface area contributed by atoms with Crippen LogP contribution >= 0.6 is 0 Å². The van der Waals surface area contributed by atoms with Crippen LogP contribution in [-0.2, 0) is 19.9 Å². The number of esters is 1. The highest BCUT2D eigenvalue weighted by Gasteiger charge is 2.41. The number of hydrogen-bond acceptors (Lipinski definition) is 6. The van der Waals surface area contributed by atoms with Crippen molar-refractivity contribution in [3.8, 4) is 11.8 Å². The topological polar surface area (TPSA) is 109 Å². The van der Waals surface area contributed by atoms with E-state index in [2.05, 4.69) is 5.32 Å². The molecule has 0 aromatic heterocycles. The Morgan fingerprint density at radius 3 is 2.39 bits per heavy atom. The van der Waals surface area contributed by atoms with E-state index in [1.807, 2.05) is 6.07 Å². The van der Waals surface area contributed by atoms with Crippen LogP contribution in [0.1, 0.15) is 31.4 Å². The summed E-state index contributed by atoms with van der Waals surface area (Å²) in [6, 6.07) is 15.2. The molecule has 0 aliphatic rings. The summed E-state index contributed by atoms with van der Waals surface area (Å²) in [6.07, 6.45) is 0.210. The monoisotopic (exact) mass is 382 g/mol. The molecule has 1 unspecified atom stereocenters. The molecule has 0 heterocycles. The van der Waals surface area contributed by atoms with Gasteiger partial charge in [0.15, 0.2) is 12.1 Å². The molecule has 2 aromatic carbocycles. The standard InChI is InChI=1S/C21H22N2O5/c1-3-21(20(25)26,23-16-11-9-15(13-22)10-12-16)17-7-5-6-8-18(17)28-14-19(24)27-4-2/h5-12,23H,3-4,14H2,1-2H3,(H,25,26). The summed E-state index contributed by atoms with van der Waals surface area (Å²) in [5, 5.41) is 22.1. The first kappa shape index (κ1) is 20.8. The van der Waals surface area contributed by atoms with E-state index < -0.39 is 17.5 Å². The SMILES string of the molecule is CCOC(=O)COc1ccccc1C(CC)(Nc1ccc(C#N)cc1)C(=O)O. The van der Waals surface area contributed by atoms with Crippen LogP contribution in [0.4, 0.5) is 5.69 Å². The van der Waals surface area contributed by atoms with E-state index >= 15 is 0 Å². The van der Waals surface area contributed by atoms with E-state index in [4.69, 9.17) is 14.7 Å². The van der Waals surface area contributed by atoms with Gasteiger partial charge < -0.3 is 19.9 Å². The fourth-order valence-electron chi connectivity index (χ4n) is 2.82. The highest BCUT2D eigenvalue weighted by atomic mass is 16.6. The van der Waals surface area contributed by atoms with Gasteiger partial charge in [-0.1, -0.05) is 25.1 Å². The minimum Gasteiger partial charge on any atom is -0.482 e. The zero-order valence-electron chi connectivity index (χ0n) is 15.8. The largest absolute Gasteiger partial charge is 0.482 e. The molecular weight excluding hydrogens is 360 g/mol. The van der Waals surface area contributed by atoms with Crippen LogP contribution in [0.15, 0.2) is 48.5 Å². The number of aliphatic carboxylic acids is 1. The molecule has 0 aliphatic heterocycles. The first-order valence-electron chi connectivity index (χ1n) is 8.86. The predicted octanol–water partition coefficient (Wildman–Crippen LogP) is 3.30. The molecule has 0 bridgehead atoms. The zero-order chi connectivity index (χ0) is 20.6. The van der Waals surface area contributed by atoms with Crippen molar-refractivity contribution in [2.75, 3.05) is 18.5 Å². The summed E-state index contributed by atoms with van der Waals surface area (Å²) in [4.78, 5) is 23.9. The van der Waals surface area contributed by atoms with Crippen molar-refractivity contribution < 1.29 is 24.2 Å². The molecule has 0 aliphatic carbocycles. The number of carbonyl (C=O) groups is 2. The van der Waals surface area contributed by atoms with Crippen molar-refractivity contribution in [2.24, 2.45) is 0 Å². The van der Waals surface area contributed by atoms with Crippen LogP contribution in [0, 0.1) is 11.3 Å². The minimum absolute atomic E-state index is 0.210. The molecule has 0 spiro atoms. The number of para-hydroxylation sites is 1. The van der Waals surface area contributed by atoms with E-state index in [0.717, 1.165) is 0 Å². The van der Waals surface area contributed by atoms with Crippen LogP contribution in [0.25, 0.3) is 0 Å². The molecule has 0 amide bonds. The molecule has 0 radical (unpaired) electrons. The summed E-state index contributed by atoms with van der Waals surface area (Å²) in [5.41, 5.74) is -0.0809. The van der Waals surface area contributed by atoms with Gasteiger partial charge in [-0.3, -0.25) is 0 Å². The van der Waals surface area contributed by atoms with E-state index in [1.54, 1.807) is 62.4 Å². The lowest BCUT2D eigenvalue weighted by Crippen LogP contribution is -2.43. The van der Waals surface area contributed by atoms with Crippen molar-refractivity contribution in [2.45, 2.75) is 25.8 Å². The van der Waals surface area contributed by atoms with Gasteiger partial charge in [-0.25, -0.2) is 9.59 Å². The van der Waals surface area contributed by atoms with E-state index in [9.17, 15) is 14.7 Å². The Hall–Kier alpha value is -3.53. The summed E-state index contributed by atoms with van der Waals surface area (Å²) < 4.78 is 10.4.